The summed E-state index contributed by atoms with van der Waals surface area (Å²) in [6, 6.07) is 6.76. The molecule has 5 heteroatoms. The Labute approximate surface area is 99.3 Å². The molecule has 2 atom stereocenters. The molecule has 0 radical (unpaired) electrons. The lowest BCUT2D eigenvalue weighted by atomic mass is 10.0. The molecular weight excluding hydrogens is 228 g/mol. The maximum atomic E-state index is 10.9. The monoisotopic (exact) mass is 242 g/mol. The third kappa shape index (κ3) is 3.52. The zero-order valence-corrected chi connectivity index (χ0v) is 9.72. The van der Waals surface area contributed by atoms with Gasteiger partial charge < -0.3 is 14.9 Å². The summed E-state index contributed by atoms with van der Waals surface area (Å²) >= 11 is 4.12. The summed E-state index contributed by atoms with van der Waals surface area (Å²) in [6.45, 7) is 0. The molecule has 2 unspecified atom stereocenters. The van der Waals surface area contributed by atoms with Crippen LogP contribution in [0.15, 0.2) is 29.2 Å². The molecule has 0 aliphatic carbocycles. The highest BCUT2D eigenvalue weighted by Crippen LogP contribution is 2.21. The Morgan fingerprint density at radius 2 is 2.19 bits per heavy atom. The molecule has 0 bridgehead atoms. The normalized spacial score (nSPS) is 14.2. The van der Waals surface area contributed by atoms with E-state index >= 15 is 0 Å². The second kappa shape index (κ2) is 5.89. The number of ether oxygens (including phenoxy) is 1. The van der Waals surface area contributed by atoms with Gasteiger partial charge in [0.25, 0.3) is 0 Å². The number of carbonyl (C=O) groups excluding carboxylic acids is 1. The van der Waals surface area contributed by atoms with Gasteiger partial charge in [-0.05, 0) is 17.7 Å². The van der Waals surface area contributed by atoms with E-state index in [1.165, 1.54) is 7.11 Å². The molecule has 0 fully saturated rings. The molecule has 0 spiro atoms. The van der Waals surface area contributed by atoms with Crippen LogP contribution in [0.25, 0.3) is 0 Å². The van der Waals surface area contributed by atoms with Crippen LogP contribution in [0, 0.1) is 0 Å². The average Bonchev–Trinajstić information content (AvgIpc) is 2.27. The number of methoxy groups -OCH3 is 1. The van der Waals surface area contributed by atoms with Gasteiger partial charge >= 0.3 is 5.97 Å². The first kappa shape index (κ1) is 13.0. The second-order valence-corrected chi connectivity index (χ2v) is 3.90. The van der Waals surface area contributed by atoms with Crippen LogP contribution in [0.5, 0.6) is 0 Å². The summed E-state index contributed by atoms with van der Waals surface area (Å²) in [5, 5.41) is 19.4. The Bertz CT molecular complexity index is 367. The van der Waals surface area contributed by atoms with Gasteiger partial charge in [-0.1, -0.05) is 12.1 Å². The molecule has 0 amide bonds. The average molecular weight is 242 g/mol. The summed E-state index contributed by atoms with van der Waals surface area (Å²) < 4.78 is 4.41. The first-order valence-corrected chi connectivity index (χ1v) is 5.21. The lowest BCUT2D eigenvalue weighted by Crippen LogP contribution is -2.22. The summed E-state index contributed by atoms with van der Waals surface area (Å²) in [5.41, 5.74) is 0.518. The topological polar surface area (TPSA) is 66.8 Å². The molecule has 0 saturated carbocycles. The van der Waals surface area contributed by atoms with Gasteiger partial charge in [0.2, 0.25) is 0 Å². The summed E-state index contributed by atoms with van der Waals surface area (Å²) in [5.74, 6) is -0.562. The highest BCUT2D eigenvalue weighted by atomic mass is 32.1. The fraction of sp³-hybridized carbons (Fsp3) is 0.364. The largest absolute Gasteiger partial charge is 0.469 e. The number of aliphatic hydroxyl groups excluding tert-OH is 2. The van der Waals surface area contributed by atoms with E-state index < -0.39 is 18.2 Å². The predicted octanol–water partition coefficient (Wildman–Crippen LogP) is 0.933. The number of rotatable bonds is 4. The van der Waals surface area contributed by atoms with Crippen LogP contribution in [0.3, 0.4) is 0 Å². The molecule has 2 N–H and O–H groups in total. The third-order valence-corrected chi connectivity index (χ3v) is 2.46. The minimum atomic E-state index is -1.18. The zero-order chi connectivity index (χ0) is 12.1. The van der Waals surface area contributed by atoms with E-state index in [1.54, 1.807) is 24.3 Å². The number of thiol groups is 1. The van der Waals surface area contributed by atoms with Crippen molar-refractivity contribution < 1.29 is 19.7 Å². The van der Waals surface area contributed by atoms with E-state index in [0.717, 1.165) is 0 Å². The standard InChI is InChI=1S/C11H14O4S/c1-15-10(13)6-9(12)11(14)7-3-2-4-8(16)5-7/h2-5,9,11-12,14,16H,6H2,1H3. The van der Waals surface area contributed by atoms with Gasteiger partial charge in [0, 0.05) is 4.90 Å². The van der Waals surface area contributed by atoms with Crippen molar-refractivity contribution in [3.8, 4) is 0 Å². The van der Waals surface area contributed by atoms with Crippen LogP contribution in [-0.4, -0.2) is 29.4 Å². The van der Waals surface area contributed by atoms with Gasteiger partial charge in [-0.25, -0.2) is 0 Å². The number of esters is 1. The molecule has 0 heterocycles. The number of hydrogen-bond acceptors (Lipinski definition) is 5. The van der Waals surface area contributed by atoms with Crippen LogP contribution in [0.4, 0.5) is 0 Å². The van der Waals surface area contributed by atoms with Crippen LogP contribution in [0.2, 0.25) is 0 Å². The van der Waals surface area contributed by atoms with Gasteiger partial charge in [0.1, 0.15) is 6.10 Å². The summed E-state index contributed by atoms with van der Waals surface area (Å²) in [4.78, 5) is 11.6. The van der Waals surface area contributed by atoms with Crippen molar-refractivity contribution in [2.75, 3.05) is 7.11 Å². The molecule has 88 valence electrons. The first-order valence-electron chi connectivity index (χ1n) is 4.76. The van der Waals surface area contributed by atoms with Crippen LogP contribution in [0.1, 0.15) is 18.1 Å². The smallest absolute Gasteiger partial charge is 0.308 e. The molecule has 1 rings (SSSR count). The summed E-state index contributed by atoms with van der Waals surface area (Å²) in [7, 11) is 1.23. The number of hydrogen-bond donors (Lipinski definition) is 3. The van der Waals surface area contributed by atoms with E-state index in [4.69, 9.17) is 0 Å². The van der Waals surface area contributed by atoms with E-state index in [2.05, 4.69) is 17.4 Å². The first-order chi connectivity index (χ1) is 7.54. The molecule has 0 aliphatic heterocycles. The van der Waals surface area contributed by atoms with E-state index in [9.17, 15) is 15.0 Å². The van der Waals surface area contributed by atoms with Gasteiger partial charge in [-0.15, -0.1) is 12.6 Å². The lowest BCUT2D eigenvalue weighted by Gasteiger charge is -2.17. The van der Waals surface area contributed by atoms with Crippen molar-refractivity contribution >= 4 is 18.6 Å². The Balaban J connectivity index is 2.70. The van der Waals surface area contributed by atoms with Crippen molar-refractivity contribution in [2.45, 2.75) is 23.5 Å². The van der Waals surface area contributed by atoms with Gasteiger partial charge in [0.15, 0.2) is 0 Å². The predicted molar refractivity (Wildman–Crippen MR) is 61.3 cm³/mol. The second-order valence-electron chi connectivity index (χ2n) is 3.39. The minimum absolute atomic E-state index is 0.242. The molecule has 1 aromatic rings. The van der Waals surface area contributed by atoms with Crippen LogP contribution >= 0.6 is 12.6 Å². The van der Waals surface area contributed by atoms with Crippen molar-refractivity contribution in [3.05, 3.63) is 29.8 Å². The number of carbonyl (C=O) groups is 1. The fourth-order valence-electron chi connectivity index (χ4n) is 1.30. The molecule has 0 aliphatic rings. The van der Waals surface area contributed by atoms with Gasteiger partial charge in [-0.2, -0.15) is 0 Å². The summed E-state index contributed by atoms with van der Waals surface area (Å²) in [6.07, 6.45) is -2.54. The van der Waals surface area contributed by atoms with Crippen molar-refractivity contribution in [3.63, 3.8) is 0 Å². The molecule has 16 heavy (non-hydrogen) atoms. The van der Waals surface area contributed by atoms with Gasteiger partial charge in [0.05, 0.1) is 19.6 Å². The molecule has 4 nitrogen and oxygen atoms in total. The third-order valence-electron chi connectivity index (χ3n) is 2.18. The maximum absolute atomic E-state index is 10.9. The Kier molecular flexibility index (Phi) is 4.79. The van der Waals surface area contributed by atoms with E-state index in [-0.39, 0.29) is 6.42 Å². The molecular formula is C11H14O4S. The minimum Gasteiger partial charge on any atom is -0.469 e. The maximum Gasteiger partial charge on any atom is 0.308 e. The van der Waals surface area contributed by atoms with Crippen molar-refractivity contribution in [2.24, 2.45) is 0 Å². The van der Waals surface area contributed by atoms with E-state index in [0.29, 0.717) is 10.5 Å². The molecule has 0 aromatic heterocycles. The molecule has 1 aromatic carbocycles. The van der Waals surface area contributed by atoms with E-state index in [1.807, 2.05) is 0 Å². The SMILES string of the molecule is COC(=O)CC(O)C(O)c1cccc(S)c1. The highest BCUT2D eigenvalue weighted by Gasteiger charge is 2.21. The fourth-order valence-corrected chi connectivity index (χ4v) is 1.53. The Morgan fingerprint density at radius 3 is 2.75 bits per heavy atom. The zero-order valence-electron chi connectivity index (χ0n) is 8.83. The number of aliphatic hydroxyl groups is 2. The van der Waals surface area contributed by atoms with Gasteiger partial charge in [-0.3, -0.25) is 4.79 Å². The highest BCUT2D eigenvalue weighted by molar-refractivity contribution is 7.80. The lowest BCUT2D eigenvalue weighted by molar-refractivity contribution is -0.144. The van der Waals surface area contributed by atoms with Crippen molar-refractivity contribution in [1.82, 2.24) is 0 Å². The number of benzene rings is 1. The molecule has 0 saturated heterocycles. The van der Waals surface area contributed by atoms with Crippen LogP contribution in [-0.2, 0) is 9.53 Å². The quantitative estimate of drug-likeness (QED) is 0.543. The van der Waals surface area contributed by atoms with Crippen LogP contribution < -0.4 is 0 Å². The Morgan fingerprint density at radius 1 is 1.50 bits per heavy atom. The Hall–Kier alpha value is -1.04. The van der Waals surface area contributed by atoms with Crippen molar-refractivity contribution in [1.29, 1.82) is 0 Å².